The Hall–Kier alpha value is -4.24. The minimum absolute atomic E-state index is 0.0403. The van der Waals surface area contributed by atoms with Gasteiger partial charge in [-0.05, 0) is 61.1 Å². The van der Waals surface area contributed by atoms with Crippen molar-refractivity contribution in [3.63, 3.8) is 0 Å². The van der Waals surface area contributed by atoms with Gasteiger partial charge in [0.1, 0.15) is 23.8 Å². The summed E-state index contributed by atoms with van der Waals surface area (Å²) in [6.45, 7) is 6.37. The summed E-state index contributed by atoms with van der Waals surface area (Å²) in [5, 5.41) is 20.2. The highest BCUT2D eigenvalue weighted by Gasteiger charge is 2.43. The lowest BCUT2D eigenvalue weighted by molar-refractivity contribution is -0.0809. The highest BCUT2D eigenvalue weighted by atomic mass is 19.1. The number of hydrogen-bond donors (Lipinski definition) is 2. The zero-order chi connectivity index (χ0) is 31.9. The average molecular weight is 634 g/mol. The summed E-state index contributed by atoms with van der Waals surface area (Å²) in [5.74, 6) is 0.647. The number of pyridine rings is 1. The minimum Gasteiger partial charge on any atom is -0.497 e. The molecule has 4 aliphatic heterocycles. The summed E-state index contributed by atoms with van der Waals surface area (Å²) >= 11 is 0. The van der Waals surface area contributed by atoms with Gasteiger partial charge < -0.3 is 19.3 Å². The molecule has 4 saturated heterocycles. The number of fused-ring (bicyclic) bond motifs is 4. The van der Waals surface area contributed by atoms with Crippen LogP contribution < -0.4 is 16.0 Å². The van der Waals surface area contributed by atoms with Crippen LogP contribution in [0, 0.1) is 17.7 Å². The van der Waals surface area contributed by atoms with Gasteiger partial charge in [0.05, 0.1) is 50.4 Å². The number of halogens is 1. The molecule has 1 aromatic carbocycles. The Balaban J connectivity index is 1.09. The molecule has 4 aromatic rings. The van der Waals surface area contributed by atoms with Crippen LogP contribution in [0.2, 0.25) is 0 Å². The van der Waals surface area contributed by atoms with Crippen molar-refractivity contribution in [2.24, 2.45) is 11.8 Å². The van der Waals surface area contributed by atoms with Crippen molar-refractivity contribution in [3.05, 3.63) is 93.4 Å². The molecule has 4 fully saturated rings. The van der Waals surface area contributed by atoms with Gasteiger partial charge in [-0.25, -0.2) is 9.48 Å². The van der Waals surface area contributed by atoms with Gasteiger partial charge in [-0.15, -0.1) is 11.7 Å². The monoisotopic (exact) mass is 633 g/mol. The first-order chi connectivity index (χ1) is 22.3. The lowest BCUT2D eigenvalue weighted by Crippen LogP contribution is -2.55. The average Bonchev–Trinajstić information content (AvgIpc) is 3.68. The van der Waals surface area contributed by atoms with Crippen molar-refractivity contribution < 1.29 is 23.7 Å². The molecule has 7 heterocycles. The number of piperidine rings is 3. The second-order valence-corrected chi connectivity index (χ2v) is 12.3. The van der Waals surface area contributed by atoms with Crippen LogP contribution in [0.1, 0.15) is 42.9 Å². The summed E-state index contributed by atoms with van der Waals surface area (Å²) in [6.07, 6.45) is 5.69. The maximum atomic E-state index is 13.8. The highest BCUT2D eigenvalue weighted by Crippen LogP contribution is 2.44. The maximum absolute atomic E-state index is 13.8. The Kier molecular flexibility index (Phi) is 8.27. The molecule has 8 atom stereocenters. The van der Waals surface area contributed by atoms with E-state index in [1.807, 2.05) is 35.4 Å². The van der Waals surface area contributed by atoms with Crippen molar-refractivity contribution in [1.29, 1.82) is 0 Å². The van der Waals surface area contributed by atoms with Crippen molar-refractivity contribution in [2.45, 2.75) is 63.0 Å². The van der Waals surface area contributed by atoms with Crippen molar-refractivity contribution in [1.82, 2.24) is 34.4 Å². The third kappa shape index (κ3) is 5.77. The molecule has 0 amide bonds. The second kappa shape index (κ2) is 12.5. The number of nitrogens with zero attached hydrogens (tertiary/aromatic N) is 6. The number of nitrogens with one attached hydrogen (secondary N) is 1. The lowest BCUT2D eigenvalue weighted by atomic mass is 9.73. The van der Waals surface area contributed by atoms with Crippen LogP contribution in [-0.4, -0.2) is 78.0 Å². The molecule has 7 unspecified atom stereocenters. The van der Waals surface area contributed by atoms with Gasteiger partial charge in [-0.3, -0.25) is 24.2 Å². The zero-order valence-electron chi connectivity index (χ0n) is 25.4. The topological polar surface area (TPSA) is 150 Å². The van der Waals surface area contributed by atoms with Gasteiger partial charge in [-0.1, -0.05) is 11.3 Å². The van der Waals surface area contributed by atoms with E-state index < -0.39 is 35.5 Å². The van der Waals surface area contributed by atoms with Gasteiger partial charge in [0, 0.05) is 30.6 Å². The van der Waals surface area contributed by atoms with E-state index in [2.05, 4.69) is 32.9 Å². The zero-order valence-corrected chi connectivity index (χ0v) is 25.4. The Morgan fingerprint density at radius 3 is 2.91 bits per heavy atom. The van der Waals surface area contributed by atoms with Crippen LogP contribution in [0.15, 0.2) is 65.1 Å². The van der Waals surface area contributed by atoms with Crippen molar-refractivity contribution >= 4 is 10.9 Å². The first kappa shape index (κ1) is 30.4. The number of aliphatic hydroxyl groups excluding tert-OH is 1. The molecule has 13 nitrogen and oxygen atoms in total. The van der Waals surface area contributed by atoms with Crippen LogP contribution in [0.4, 0.5) is 4.39 Å². The van der Waals surface area contributed by atoms with Crippen LogP contribution in [0.25, 0.3) is 10.9 Å². The second-order valence-electron chi connectivity index (χ2n) is 12.3. The number of aliphatic hydroxyl groups is 1. The standard InChI is InChI=1S/C32H36FN7O6/c1-3-18-13-38-9-7-19(18)10-26(38)30(22-6-8-34-25-5-4-21(44-2)11-23(22)25)45-17-20-14-39(37-36-20)16-28-27(41)12-29(46-28)40-15-24(33)31(42)35-32(40)43/h3-6,8,11,14-15,18-19,26-30,41H,1,7,9-10,12-13,16-17H2,2H3,(H,35,42,43)/t18?,19?,26?,27?,28?,29?,30-/m0/s1. The van der Waals surface area contributed by atoms with Crippen molar-refractivity contribution in [3.8, 4) is 5.75 Å². The summed E-state index contributed by atoms with van der Waals surface area (Å²) in [5.41, 5.74) is 0.567. The molecular formula is C32H36FN7O6. The maximum Gasteiger partial charge on any atom is 0.330 e. The van der Waals surface area contributed by atoms with E-state index in [0.717, 1.165) is 58.9 Å². The molecule has 46 heavy (non-hydrogen) atoms. The summed E-state index contributed by atoms with van der Waals surface area (Å²) < 4.78 is 34.5. The van der Waals surface area contributed by atoms with Crippen LogP contribution in [0.3, 0.4) is 0 Å². The van der Waals surface area contributed by atoms with E-state index in [1.165, 1.54) is 0 Å². The molecule has 8 rings (SSSR count). The highest BCUT2D eigenvalue weighted by molar-refractivity contribution is 5.84. The van der Waals surface area contributed by atoms with E-state index in [0.29, 0.717) is 17.5 Å². The molecule has 242 valence electrons. The normalized spacial score (nSPS) is 28.0. The molecule has 0 aliphatic carbocycles. The fourth-order valence-electron chi connectivity index (χ4n) is 7.20. The summed E-state index contributed by atoms with van der Waals surface area (Å²) in [7, 11) is 1.65. The molecule has 0 radical (unpaired) electrons. The van der Waals surface area contributed by atoms with Crippen LogP contribution in [-0.2, 0) is 22.6 Å². The number of methoxy groups -OCH3 is 1. The molecule has 2 N–H and O–H groups in total. The molecule has 0 spiro atoms. The van der Waals surface area contributed by atoms with E-state index in [4.69, 9.17) is 14.2 Å². The van der Waals surface area contributed by atoms with Gasteiger partial charge in [-0.2, -0.15) is 4.39 Å². The summed E-state index contributed by atoms with van der Waals surface area (Å²) in [6, 6.07) is 8.03. The Labute approximate surface area is 263 Å². The number of H-pyrrole nitrogens is 1. The smallest absolute Gasteiger partial charge is 0.330 e. The molecule has 0 saturated carbocycles. The van der Waals surface area contributed by atoms with E-state index in [1.54, 1.807) is 18.0 Å². The van der Waals surface area contributed by atoms with E-state index >= 15 is 0 Å². The molecular weight excluding hydrogens is 597 g/mol. The predicted octanol–water partition coefficient (Wildman–Crippen LogP) is 2.33. The van der Waals surface area contributed by atoms with Gasteiger partial charge in [0.25, 0.3) is 5.56 Å². The number of rotatable bonds is 10. The molecule has 3 aromatic heterocycles. The van der Waals surface area contributed by atoms with Gasteiger partial charge in [0.15, 0.2) is 0 Å². The SMILES string of the molecule is C=CC1CN2CCC1CC2[C@@H](OCc1cn(CC2OC(n3cc(F)c(=O)[nH]c3=O)CC2O)nn1)c1ccnc2ccc(OC)cc12. The number of aromatic amines is 1. The van der Waals surface area contributed by atoms with Gasteiger partial charge in [0.2, 0.25) is 5.82 Å². The number of aromatic nitrogens is 6. The summed E-state index contributed by atoms with van der Waals surface area (Å²) in [4.78, 5) is 32.6. The Morgan fingerprint density at radius 1 is 1.26 bits per heavy atom. The lowest BCUT2D eigenvalue weighted by Gasteiger charge is -2.51. The predicted molar refractivity (Wildman–Crippen MR) is 163 cm³/mol. The molecule has 4 aliphatic rings. The van der Waals surface area contributed by atoms with Crippen molar-refractivity contribution in [2.75, 3.05) is 20.2 Å². The van der Waals surface area contributed by atoms with Crippen LogP contribution >= 0.6 is 0 Å². The third-order valence-corrected chi connectivity index (χ3v) is 9.59. The Bertz CT molecular complexity index is 1860. The molecule has 14 heteroatoms. The first-order valence-corrected chi connectivity index (χ1v) is 15.5. The largest absolute Gasteiger partial charge is 0.497 e. The van der Waals surface area contributed by atoms with E-state index in [-0.39, 0.29) is 31.7 Å². The number of hydrogen-bond acceptors (Lipinski definition) is 10. The molecule has 2 bridgehead atoms. The van der Waals surface area contributed by atoms with Crippen LogP contribution in [0.5, 0.6) is 5.75 Å². The first-order valence-electron chi connectivity index (χ1n) is 15.5. The minimum atomic E-state index is -1.11. The Morgan fingerprint density at radius 2 is 2.13 bits per heavy atom. The fourth-order valence-corrected chi connectivity index (χ4v) is 7.20. The third-order valence-electron chi connectivity index (χ3n) is 9.59. The number of ether oxygens (including phenoxy) is 3. The number of benzene rings is 1. The van der Waals surface area contributed by atoms with E-state index in [9.17, 15) is 19.1 Å². The fraction of sp³-hybridized carbons (Fsp3) is 0.469. The quantitative estimate of drug-likeness (QED) is 0.249. The van der Waals surface area contributed by atoms with Gasteiger partial charge >= 0.3 is 5.69 Å².